The summed E-state index contributed by atoms with van der Waals surface area (Å²) in [5.74, 6) is -3.19. The molecule has 8 nitrogen and oxygen atoms in total. The van der Waals surface area contributed by atoms with Gasteiger partial charge in [-0.2, -0.15) is 13.2 Å². The molecule has 0 amide bonds. The van der Waals surface area contributed by atoms with Crippen molar-refractivity contribution in [2.45, 2.75) is 82.3 Å². The van der Waals surface area contributed by atoms with E-state index in [9.17, 15) is 13.2 Å². The van der Waals surface area contributed by atoms with Gasteiger partial charge in [0.2, 0.25) is 12.1 Å². The number of oxime groups is 1. The van der Waals surface area contributed by atoms with Crippen molar-refractivity contribution in [3.8, 4) is 0 Å². The van der Waals surface area contributed by atoms with Gasteiger partial charge in [-0.25, -0.2) is 0 Å². The Morgan fingerprint density at radius 1 is 1.10 bits per heavy atom. The van der Waals surface area contributed by atoms with Crippen LogP contribution in [0.2, 0.25) is 0 Å². The lowest BCUT2D eigenvalue weighted by Crippen LogP contribution is -2.63. The van der Waals surface area contributed by atoms with Crippen LogP contribution in [0.3, 0.4) is 0 Å². The zero-order chi connectivity index (χ0) is 21.2. The summed E-state index contributed by atoms with van der Waals surface area (Å²) >= 11 is 0. The summed E-state index contributed by atoms with van der Waals surface area (Å²) in [5, 5.41) is 3.18. The van der Waals surface area contributed by atoms with E-state index in [1.54, 1.807) is 27.7 Å². The second-order valence-corrected chi connectivity index (χ2v) is 8.42. The molecule has 0 aliphatic carbocycles. The Morgan fingerprint density at radius 2 is 1.83 bits per heavy atom. The van der Waals surface area contributed by atoms with E-state index in [0.717, 1.165) is 0 Å². The Kier molecular flexibility index (Phi) is 4.80. The lowest BCUT2D eigenvalue weighted by Gasteiger charge is -2.44. The number of fused-ring (bicyclic) bond motifs is 1. The Labute approximate surface area is 165 Å². The summed E-state index contributed by atoms with van der Waals surface area (Å²) < 4.78 is 74.2. The molecule has 0 N–H and O–H groups in total. The fourth-order valence-electron chi connectivity index (χ4n) is 3.87. The van der Waals surface area contributed by atoms with Gasteiger partial charge in [0.25, 0.3) is 0 Å². The highest BCUT2D eigenvalue weighted by molar-refractivity contribution is 5.91. The molecule has 4 aliphatic heterocycles. The minimum atomic E-state index is -4.60. The molecule has 0 aromatic rings. The van der Waals surface area contributed by atoms with E-state index >= 15 is 0 Å². The average molecular weight is 423 g/mol. The Balaban J connectivity index is 1.59. The molecule has 0 saturated carbocycles. The summed E-state index contributed by atoms with van der Waals surface area (Å²) in [6.07, 6.45) is -8.36. The van der Waals surface area contributed by atoms with Crippen LogP contribution in [-0.4, -0.2) is 67.1 Å². The first-order valence-corrected chi connectivity index (χ1v) is 9.27. The van der Waals surface area contributed by atoms with Crippen LogP contribution >= 0.6 is 0 Å². The number of rotatable bonds is 2. The van der Waals surface area contributed by atoms with Gasteiger partial charge in [-0.3, -0.25) is 0 Å². The largest absolute Gasteiger partial charge is 0.433 e. The highest BCUT2D eigenvalue weighted by Crippen LogP contribution is 2.46. The lowest BCUT2D eigenvalue weighted by atomic mass is 9.96. The Bertz CT molecular complexity index is 721. The summed E-state index contributed by atoms with van der Waals surface area (Å²) in [4.78, 5) is 4.99. The van der Waals surface area contributed by atoms with Crippen LogP contribution in [0.1, 0.15) is 34.1 Å². The predicted molar refractivity (Wildman–Crippen MR) is 90.6 cm³/mol. The number of hydrogen-bond donors (Lipinski definition) is 0. The van der Waals surface area contributed by atoms with Gasteiger partial charge in [0, 0.05) is 6.42 Å². The van der Waals surface area contributed by atoms with Crippen molar-refractivity contribution in [2.24, 2.45) is 5.16 Å². The molecule has 164 valence electrons. The topological polar surface area (TPSA) is 77.0 Å². The van der Waals surface area contributed by atoms with Gasteiger partial charge in [0.1, 0.15) is 24.9 Å². The van der Waals surface area contributed by atoms with Crippen molar-refractivity contribution in [3.63, 3.8) is 0 Å². The maximum atomic E-state index is 12.9. The molecule has 0 aromatic heterocycles. The molecule has 4 heterocycles. The van der Waals surface area contributed by atoms with Crippen LogP contribution in [0.5, 0.6) is 0 Å². The molecule has 4 aliphatic rings. The molecular formula is C18H24F3NO7. The minimum absolute atomic E-state index is 0.0357. The van der Waals surface area contributed by atoms with Crippen LogP contribution in [0.25, 0.3) is 0 Å². The molecule has 0 radical (unpaired) electrons. The van der Waals surface area contributed by atoms with Crippen LogP contribution in [0.4, 0.5) is 13.2 Å². The average Bonchev–Trinajstić information content (AvgIpc) is 3.06. The van der Waals surface area contributed by atoms with Gasteiger partial charge >= 0.3 is 6.18 Å². The number of alkyl halides is 3. The van der Waals surface area contributed by atoms with Crippen LogP contribution in [-0.2, 0) is 33.3 Å². The van der Waals surface area contributed by atoms with Crippen molar-refractivity contribution in [2.75, 3.05) is 13.2 Å². The molecule has 0 bridgehead atoms. The summed E-state index contributed by atoms with van der Waals surface area (Å²) in [6, 6.07) is 0. The van der Waals surface area contributed by atoms with E-state index in [0.29, 0.717) is 0 Å². The monoisotopic (exact) mass is 423 g/mol. The fourth-order valence-corrected chi connectivity index (χ4v) is 3.87. The Morgan fingerprint density at radius 3 is 2.41 bits per heavy atom. The molecule has 4 rings (SSSR count). The molecule has 29 heavy (non-hydrogen) atoms. The molecule has 1 spiro atoms. The van der Waals surface area contributed by atoms with Gasteiger partial charge in [0.15, 0.2) is 17.3 Å². The molecule has 3 saturated heterocycles. The van der Waals surface area contributed by atoms with Crippen molar-refractivity contribution in [3.05, 3.63) is 12.2 Å². The van der Waals surface area contributed by atoms with E-state index in [4.69, 9.17) is 33.3 Å². The predicted octanol–water partition coefficient (Wildman–Crippen LogP) is 2.62. The van der Waals surface area contributed by atoms with Crippen LogP contribution < -0.4 is 0 Å². The van der Waals surface area contributed by atoms with Gasteiger partial charge < -0.3 is 33.3 Å². The van der Waals surface area contributed by atoms with Crippen molar-refractivity contribution >= 4 is 5.71 Å². The zero-order valence-corrected chi connectivity index (χ0v) is 16.6. The fraction of sp³-hybridized carbons (Fsp3) is 0.833. The SMILES string of the molecule is C=C1CC(C(F)(F)F)=NO[C@H]1O[C@H]1[C@@H]2OC(C)(C)O[C@@H]2CO[C@]12COC(C)(C)O2. The minimum Gasteiger partial charge on any atom is -0.359 e. The summed E-state index contributed by atoms with van der Waals surface area (Å²) in [6.45, 7) is 10.8. The molecule has 5 atom stereocenters. The third kappa shape index (κ3) is 3.91. The van der Waals surface area contributed by atoms with E-state index in [1.807, 2.05) is 0 Å². The highest BCUT2D eigenvalue weighted by Gasteiger charge is 2.64. The maximum absolute atomic E-state index is 12.9. The highest BCUT2D eigenvalue weighted by atomic mass is 19.4. The first kappa shape index (κ1) is 21.0. The van der Waals surface area contributed by atoms with Gasteiger partial charge in [-0.1, -0.05) is 11.7 Å². The van der Waals surface area contributed by atoms with Gasteiger partial charge in [-0.05, 0) is 33.3 Å². The number of halogens is 3. The number of hydrogen-bond acceptors (Lipinski definition) is 8. The van der Waals surface area contributed by atoms with Crippen molar-refractivity contribution in [1.29, 1.82) is 0 Å². The van der Waals surface area contributed by atoms with Crippen molar-refractivity contribution < 1.29 is 46.4 Å². The van der Waals surface area contributed by atoms with Crippen LogP contribution in [0.15, 0.2) is 17.3 Å². The van der Waals surface area contributed by atoms with Crippen LogP contribution in [0, 0.1) is 0 Å². The molecule has 0 aromatic carbocycles. The molecule has 3 fully saturated rings. The maximum Gasteiger partial charge on any atom is 0.433 e. The Hall–Kier alpha value is -1.24. The van der Waals surface area contributed by atoms with E-state index in [1.165, 1.54) is 0 Å². The lowest BCUT2D eigenvalue weighted by molar-refractivity contribution is -0.352. The van der Waals surface area contributed by atoms with Gasteiger partial charge in [-0.15, -0.1) is 0 Å². The second kappa shape index (κ2) is 6.63. The summed E-state index contributed by atoms with van der Waals surface area (Å²) in [5.41, 5.74) is -1.00. The molecule has 11 heteroatoms. The standard InChI is InChI=1S/C18H24F3NO7/c1-9-6-11(18(19,20)21)22-28-14(9)25-13-12-10(26-16(4,5)27-12)7-23-17(13)8-24-15(2,3)29-17/h10,12-14H,1,6-8H2,2-5H3/t10-,12-,13+,14-,17+/m1/s1. The smallest absolute Gasteiger partial charge is 0.359 e. The zero-order valence-electron chi connectivity index (χ0n) is 16.6. The van der Waals surface area contributed by atoms with E-state index in [2.05, 4.69) is 11.7 Å². The number of nitrogens with zero attached hydrogens (tertiary/aromatic N) is 1. The second-order valence-electron chi connectivity index (χ2n) is 8.42. The number of ether oxygens (including phenoxy) is 6. The first-order valence-electron chi connectivity index (χ1n) is 9.27. The normalized spacial score (nSPS) is 41.2. The van der Waals surface area contributed by atoms with Gasteiger partial charge in [0.05, 0.1) is 6.61 Å². The summed E-state index contributed by atoms with van der Waals surface area (Å²) in [7, 11) is 0. The van der Waals surface area contributed by atoms with Crippen molar-refractivity contribution in [1.82, 2.24) is 0 Å². The van der Waals surface area contributed by atoms with E-state index in [-0.39, 0.29) is 18.8 Å². The quantitative estimate of drug-likeness (QED) is 0.632. The third-order valence-corrected chi connectivity index (χ3v) is 5.07. The van der Waals surface area contributed by atoms with E-state index < -0.39 is 60.3 Å². The third-order valence-electron chi connectivity index (χ3n) is 5.07. The first-order chi connectivity index (χ1) is 13.3. The molecular weight excluding hydrogens is 399 g/mol. The molecule has 0 unspecified atom stereocenters.